The van der Waals surface area contributed by atoms with Gasteiger partial charge < -0.3 is 5.73 Å². The predicted octanol–water partition coefficient (Wildman–Crippen LogP) is 2.90. The maximum atomic E-state index is 5.98. The molecule has 2 rings (SSSR count). The largest absolute Gasteiger partial charge is 0.383 e. The number of nitrogens with two attached hydrogens (primary N) is 1. The highest BCUT2D eigenvalue weighted by Gasteiger charge is 2.20. The van der Waals surface area contributed by atoms with Gasteiger partial charge in [-0.1, -0.05) is 27.7 Å². The molecule has 0 aromatic carbocycles. The van der Waals surface area contributed by atoms with Crippen LogP contribution in [-0.2, 0) is 6.42 Å². The van der Waals surface area contributed by atoms with E-state index in [1.165, 1.54) is 0 Å². The minimum Gasteiger partial charge on any atom is -0.383 e. The van der Waals surface area contributed by atoms with Crippen LogP contribution >= 0.6 is 0 Å². The molecule has 3 N–H and O–H groups in total. The lowest BCUT2D eigenvalue weighted by Gasteiger charge is -2.12. The summed E-state index contributed by atoms with van der Waals surface area (Å²) in [5.41, 5.74) is 7.95. The predicted molar refractivity (Wildman–Crippen MR) is 74.5 cm³/mol. The topological polar surface area (TPSA) is 72.5 Å². The maximum absolute atomic E-state index is 5.98. The van der Waals surface area contributed by atoms with E-state index in [2.05, 4.69) is 37.9 Å². The fourth-order valence-electron chi connectivity index (χ4n) is 2.44. The number of nitrogens with one attached hydrogen (secondary N) is 1. The van der Waals surface area contributed by atoms with Gasteiger partial charge in [-0.15, -0.1) is 0 Å². The molecule has 2 aromatic heterocycles. The van der Waals surface area contributed by atoms with Crippen LogP contribution in [0.2, 0.25) is 0 Å². The Morgan fingerprint density at radius 3 is 2.50 bits per heavy atom. The first kappa shape index (κ1) is 12.9. The van der Waals surface area contributed by atoms with Crippen molar-refractivity contribution in [3.05, 3.63) is 5.69 Å². The molecule has 0 spiro atoms. The summed E-state index contributed by atoms with van der Waals surface area (Å²) < 4.78 is 2.04. The minimum absolute atomic E-state index is 0.399. The molecule has 18 heavy (non-hydrogen) atoms. The highest BCUT2D eigenvalue weighted by molar-refractivity contribution is 5.89. The van der Waals surface area contributed by atoms with Crippen LogP contribution in [0, 0.1) is 5.92 Å². The van der Waals surface area contributed by atoms with Crippen molar-refractivity contribution in [3.63, 3.8) is 0 Å². The van der Waals surface area contributed by atoms with Gasteiger partial charge in [0.2, 0.25) is 0 Å². The first-order chi connectivity index (χ1) is 8.58. The number of hydrogen-bond acceptors (Lipinski definition) is 3. The Hall–Kier alpha value is -1.52. The third-order valence-electron chi connectivity index (χ3n) is 3.40. The molecule has 0 saturated carbocycles. The van der Waals surface area contributed by atoms with E-state index in [4.69, 9.17) is 10.8 Å². The third-order valence-corrected chi connectivity index (χ3v) is 3.40. The van der Waals surface area contributed by atoms with E-state index in [9.17, 15) is 0 Å². The number of nitrogen functional groups attached to an aromatic ring is 1. The molecule has 0 radical (unpaired) electrons. The van der Waals surface area contributed by atoms with Crippen molar-refractivity contribution in [2.24, 2.45) is 5.92 Å². The van der Waals surface area contributed by atoms with Crippen LogP contribution in [0.1, 0.15) is 52.3 Å². The summed E-state index contributed by atoms with van der Waals surface area (Å²) in [7, 11) is 0. The molecule has 5 nitrogen and oxygen atoms in total. The number of aromatic amines is 1. The van der Waals surface area contributed by atoms with Gasteiger partial charge in [0.1, 0.15) is 5.82 Å². The summed E-state index contributed by atoms with van der Waals surface area (Å²) >= 11 is 0. The third kappa shape index (κ3) is 2.09. The number of fused-ring (bicyclic) bond motifs is 1. The summed E-state index contributed by atoms with van der Waals surface area (Å²) in [6.45, 7) is 8.75. The Bertz CT molecular complexity index is 519. The number of nitrogens with zero attached hydrogens (tertiary/aromatic N) is 3. The fraction of sp³-hybridized carbons (Fsp3) is 0.692. The lowest BCUT2D eigenvalue weighted by Crippen LogP contribution is -2.10. The van der Waals surface area contributed by atoms with Crippen LogP contribution in [-0.4, -0.2) is 20.0 Å². The lowest BCUT2D eigenvalue weighted by molar-refractivity contribution is 0.432. The Balaban J connectivity index is 2.54. The molecule has 0 fully saturated rings. The highest BCUT2D eigenvalue weighted by Crippen LogP contribution is 2.28. The molecule has 2 aromatic rings. The lowest BCUT2D eigenvalue weighted by atomic mass is 10.1. The van der Waals surface area contributed by atoms with Crippen LogP contribution in [0.4, 0.5) is 5.82 Å². The molecule has 2 heterocycles. The van der Waals surface area contributed by atoms with Gasteiger partial charge in [-0.05, 0) is 25.2 Å². The quantitative estimate of drug-likeness (QED) is 0.855. The first-order valence-electron chi connectivity index (χ1n) is 6.79. The van der Waals surface area contributed by atoms with Gasteiger partial charge in [-0.25, -0.2) is 4.68 Å². The summed E-state index contributed by atoms with van der Waals surface area (Å²) in [6, 6.07) is 0.399. The summed E-state index contributed by atoms with van der Waals surface area (Å²) in [5, 5.41) is 13.0. The highest BCUT2D eigenvalue weighted by atomic mass is 15.4. The van der Waals surface area contributed by atoms with Gasteiger partial charge in [0.25, 0.3) is 0 Å². The van der Waals surface area contributed by atoms with Crippen LogP contribution in [0.15, 0.2) is 0 Å². The second-order valence-corrected chi connectivity index (χ2v) is 5.30. The van der Waals surface area contributed by atoms with E-state index in [1.807, 2.05) is 4.68 Å². The van der Waals surface area contributed by atoms with Gasteiger partial charge in [-0.2, -0.15) is 10.2 Å². The van der Waals surface area contributed by atoms with Crippen molar-refractivity contribution >= 4 is 16.9 Å². The first-order valence-corrected chi connectivity index (χ1v) is 6.79. The second kappa shape index (κ2) is 5.00. The zero-order chi connectivity index (χ0) is 13.3. The van der Waals surface area contributed by atoms with Gasteiger partial charge in [0.15, 0.2) is 5.65 Å². The van der Waals surface area contributed by atoms with Crippen LogP contribution in [0.3, 0.4) is 0 Å². The number of anilines is 1. The van der Waals surface area contributed by atoms with Crippen molar-refractivity contribution < 1.29 is 0 Å². The van der Waals surface area contributed by atoms with Crippen molar-refractivity contribution in [1.82, 2.24) is 20.0 Å². The van der Waals surface area contributed by atoms with Crippen LogP contribution < -0.4 is 5.73 Å². The number of rotatable bonds is 5. The average molecular weight is 249 g/mol. The second-order valence-electron chi connectivity index (χ2n) is 5.30. The molecule has 0 amide bonds. The van der Waals surface area contributed by atoms with Gasteiger partial charge >= 0.3 is 0 Å². The van der Waals surface area contributed by atoms with E-state index in [0.29, 0.717) is 17.8 Å². The molecule has 0 unspecified atom stereocenters. The standard InChI is InChI=1S/C13H23N5/c1-5-9(6-2)18-13-11(12(14)15-16-13)10(17-18)7-8(3)4/h8-9H,5-7H2,1-4H3,(H3,14,15,16). The molecule has 0 saturated heterocycles. The zero-order valence-electron chi connectivity index (χ0n) is 11.7. The Kier molecular flexibility index (Phi) is 3.59. The normalized spacial score (nSPS) is 12.1. The minimum atomic E-state index is 0.399. The molecule has 0 aliphatic carbocycles. The van der Waals surface area contributed by atoms with Gasteiger partial charge in [0.05, 0.1) is 17.1 Å². The number of H-pyrrole nitrogens is 1. The average Bonchev–Trinajstić information content (AvgIpc) is 2.84. The Morgan fingerprint density at radius 2 is 1.94 bits per heavy atom. The van der Waals surface area contributed by atoms with E-state index in [0.717, 1.165) is 36.0 Å². The number of hydrogen-bond donors (Lipinski definition) is 2. The molecule has 0 bridgehead atoms. The van der Waals surface area contributed by atoms with Crippen molar-refractivity contribution in [1.29, 1.82) is 0 Å². The number of aromatic nitrogens is 4. The molecule has 0 aliphatic heterocycles. The van der Waals surface area contributed by atoms with Gasteiger partial charge in [-0.3, -0.25) is 5.10 Å². The SMILES string of the molecule is CCC(CC)n1nc(CC(C)C)c2c(N)[nH]nc21. The Labute approximate surface area is 108 Å². The monoisotopic (exact) mass is 249 g/mol. The zero-order valence-corrected chi connectivity index (χ0v) is 11.7. The molecule has 0 aliphatic rings. The summed E-state index contributed by atoms with van der Waals surface area (Å²) in [4.78, 5) is 0. The van der Waals surface area contributed by atoms with Crippen LogP contribution in [0.5, 0.6) is 0 Å². The smallest absolute Gasteiger partial charge is 0.182 e. The van der Waals surface area contributed by atoms with E-state index in [1.54, 1.807) is 0 Å². The van der Waals surface area contributed by atoms with E-state index < -0.39 is 0 Å². The molecule has 0 atom stereocenters. The summed E-state index contributed by atoms with van der Waals surface area (Å²) in [6.07, 6.45) is 3.05. The summed E-state index contributed by atoms with van der Waals surface area (Å²) in [5.74, 6) is 1.20. The molecular formula is C13H23N5. The maximum Gasteiger partial charge on any atom is 0.182 e. The van der Waals surface area contributed by atoms with Crippen molar-refractivity contribution in [2.45, 2.75) is 53.0 Å². The van der Waals surface area contributed by atoms with E-state index >= 15 is 0 Å². The van der Waals surface area contributed by atoms with E-state index in [-0.39, 0.29) is 0 Å². The van der Waals surface area contributed by atoms with Crippen molar-refractivity contribution in [3.8, 4) is 0 Å². The Morgan fingerprint density at radius 1 is 1.28 bits per heavy atom. The molecule has 5 heteroatoms. The molecule has 100 valence electrons. The van der Waals surface area contributed by atoms with Gasteiger partial charge in [0, 0.05) is 0 Å². The van der Waals surface area contributed by atoms with Crippen LogP contribution in [0.25, 0.3) is 11.0 Å². The molecular weight excluding hydrogens is 226 g/mol. The van der Waals surface area contributed by atoms with Crippen molar-refractivity contribution in [2.75, 3.05) is 5.73 Å². The fourth-order valence-corrected chi connectivity index (χ4v) is 2.44.